The third kappa shape index (κ3) is 8.62. The number of benzene rings is 2. The Labute approximate surface area is 263 Å². The lowest BCUT2D eigenvalue weighted by Crippen LogP contribution is -2.68. The Bertz CT molecular complexity index is 1570. The van der Waals surface area contributed by atoms with Gasteiger partial charge in [0.1, 0.15) is 11.9 Å². The summed E-state index contributed by atoms with van der Waals surface area (Å²) in [4.78, 5) is 26.0. The van der Waals surface area contributed by atoms with Crippen molar-refractivity contribution in [3.63, 3.8) is 0 Å². The van der Waals surface area contributed by atoms with Gasteiger partial charge in [0.15, 0.2) is 31.2 Å². The van der Waals surface area contributed by atoms with Crippen molar-refractivity contribution in [1.82, 2.24) is 16.0 Å². The molecule has 0 aromatic heterocycles. The highest BCUT2D eigenvalue weighted by Crippen LogP contribution is 2.34. The molecule has 2 amide bonds. The van der Waals surface area contributed by atoms with Gasteiger partial charge in [-0.1, -0.05) is 37.3 Å². The molecule has 0 saturated heterocycles. The first-order valence-electron chi connectivity index (χ1n) is 13.9. The molecule has 1 aliphatic rings. The summed E-state index contributed by atoms with van der Waals surface area (Å²) in [5.41, 5.74) is -2.34. The van der Waals surface area contributed by atoms with E-state index in [0.29, 0.717) is 5.75 Å². The molecule has 244 valence electrons. The van der Waals surface area contributed by atoms with E-state index < -0.39 is 65.2 Å². The van der Waals surface area contributed by atoms with Gasteiger partial charge in [-0.2, -0.15) is 0 Å². The topological polar surface area (TPSA) is 177 Å². The fourth-order valence-electron chi connectivity index (χ4n) is 4.68. The molecular formula is C29H40ClN3O9S2. The minimum Gasteiger partial charge on any atom is -0.454 e. The van der Waals surface area contributed by atoms with Crippen LogP contribution in [0.5, 0.6) is 11.5 Å². The van der Waals surface area contributed by atoms with E-state index in [1.807, 2.05) is 30.3 Å². The van der Waals surface area contributed by atoms with Crippen molar-refractivity contribution < 1.29 is 41.0 Å². The molecule has 1 heterocycles. The number of amides is 2. The molecule has 1 aliphatic heterocycles. The molecule has 2 aromatic carbocycles. The number of sulfone groups is 2. The third-order valence-corrected chi connectivity index (χ3v) is 12.0. The van der Waals surface area contributed by atoms with E-state index in [-0.39, 0.29) is 36.8 Å². The van der Waals surface area contributed by atoms with Crippen molar-refractivity contribution in [2.75, 3.05) is 31.2 Å². The summed E-state index contributed by atoms with van der Waals surface area (Å²) in [7, 11) is -7.87. The van der Waals surface area contributed by atoms with Crippen LogP contribution < -0.4 is 25.4 Å². The second kappa shape index (κ2) is 13.6. The number of rotatable bonds is 15. The first-order chi connectivity index (χ1) is 20.3. The molecule has 0 bridgehead atoms. The monoisotopic (exact) mass is 673 g/mol. The summed E-state index contributed by atoms with van der Waals surface area (Å²) >= 11 is 5.66. The number of hydrogen-bond donors (Lipinski definition) is 4. The predicted octanol–water partition coefficient (Wildman–Crippen LogP) is 1.54. The van der Waals surface area contributed by atoms with Crippen LogP contribution in [0, 0.1) is 0 Å². The molecular weight excluding hydrogens is 634 g/mol. The lowest BCUT2D eigenvalue weighted by molar-refractivity contribution is -0.130. The van der Waals surface area contributed by atoms with Crippen molar-refractivity contribution >= 4 is 43.1 Å². The zero-order valence-electron chi connectivity index (χ0n) is 25.3. The number of carbonyl (C=O) groups is 2. The Balaban J connectivity index is 1.91. The van der Waals surface area contributed by atoms with Gasteiger partial charge in [0.05, 0.1) is 26.7 Å². The standard InChI is InChI=1S/C29H40ClN3O9S2/c1-6-29(15-20-10-8-7-9-11-20,33-26(35)25(32-24(34)16-30)27(2,3)43(5,37)38)31-17-28(4,36)18-44(39,40)21-12-13-22-23(14-21)42-19-41-22/h7-14,25,31,36H,6,15-19H2,1-5H3,(H,32,34)(H,33,35)/t25-,28+,29?/m0/s1. The van der Waals surface area contributed by atoms with Crippen LogP contribution in [0.2, 0.25) is 0 Å². The Morgan fingerprint density at radius 3 is 2.25 bits per heavy atom. The zero-order valence-corrected chi connectivity index (χ0v) is 27.7. The lowest BCUT2D eigenvalue weighted by Gasteiger charge is -2.41. The molecule has 0 radical (unpaired) electrons. The first kappa shape index (κ1) is 35.6. The van der Waals surface area contributed by atoms with Gasteiger partial charge in [0.25, 0.3) is 0 Å². The van der Waals surface area contributed by atoms with Gasteiger partial charge in [-0.15, -0.1) is 11.6 Å². The van der Waals surface area contributed by atoms with Gasteiger partial charge < -0.3 is 25.2 Å². The second-order valence-corrected chi connectivity index (χ2v) is 16.6. The molecule has 44 heavy (non-hydrogen) atoms. The lowest BCUT2D eigenvalue weighted by atomic mass is 9.93. The number of carbonyl (C=O) groups excluding carboxylic acids is 2. The zero-order chi connectivity index (χ0) is 33.0. The van der Waals surface area contributed by atoms with Crippen LogP contribution >= 0.6 is 11.6 Å². The normalized spacial score (nSPS) is 16.8. The van der Waals surface area contributed by atoms with Crippen LogP contribution in [-0.2, 0) is 35.7 Å². The molecule has 1 unspecified atom stereocenters. The highest BCUT2D eigenvalue weighted by Gasteiger charge is 2.46. The van der Waals surface area contributed by atoms with Crippen molar-refractivity contribution in [3.8, 4) is 11.5 Å². The van der Waals surface area contributed by atoms with E-state index in [9.17, 15) is 31.5 Å². The van der Waals surface area contributed by atoms with E-state index in [4.69, 9.17) is 21.1 Å². The summed E-state index contributed by atoms with van der Waals surface area (Å²) in [6, 6.07) is 11.8. The van der Waals surface area contributed by atoms with Crippen molar-refractivity contribution in [2.45, 2.75) is 67.5 Å². The van der Waals surface area contributed by atoms with Crippen molar-refractivity contribution in [1.29, 1.82) is 0 Å². The van der Waals surface area contributed by atoms with E-state index in [1.54, 1.807) is 6.92 Å². The molecule has 0 aliphatic carbocycles. The van der Waals surface area contributed by atoms with Crippen LogP contribution in [-0.4, -0.2) is 87.0 Å². The molecule has 3 rings (SSSR count). The summed E-state index contributed by atoms with van der Waals surface area (Å²) in [6.45, 7) is 5.46. The number of nitrogens with one attached hydrogen (secondary N) is 3. The molecule has 0 saturated carbocycles. The summed E-state index contributed by atoms with van der Waals surface area (Å²) in [5, 5.41) is 19.7. The van der Waals surface area contributed by atoms with Gasteiger partial charge >= 0.3 is 0 Å². The van der Waals surface area contributed by atoms with Crippen LogP contribution in [0.1, 0.15) is 39.7 Å². The summed E-state index contributed by atoms with van der Waals surface area (Å²) in [6.07, 6.45) is 1.37. The number of hydrogen-bond acceptors (Lipinski definition) is 10. The fourth-order valence-corrected chi connectivity index (χ4v) is 7.00. The Morgan fingerprint density at radius 1 is 1.02 bits per heavy atom. The van der Waals surface area contributed by atoms with Crippen LogP contribution in [0.15, 0.2) is 53.4 Å². The largest absolute Gasteiger partial charge is 0.454 e. The molecule has 0 fully saturated rings. The number of alkyl halides is 1. The molecule has 3 atom stereocenters. The highest BCUT2D eigenvalue weighted by atomic mass is 35.5. The highest BCUT2D eigenvalue weighted by molar-refractivity contribution is 7.92. The Hall–Kier alpha value is -2.91. The number of aliphatic hydroxyl groups is 1. The minimum atomic E-state index is -4.00. The van der Waals surface area contributed by atoms with Crippen molar-refractivity contribution in [3.05, 3.63) is 54.1 Å². The quantitative estimate of drug-likeness (QED) is 0.160. The van der Waals surface area contributed by atoms with Gasteiger partial charge in [0, 0.05) is 25.3 Å². The smallest absolute Gasteiger partial charge is 0.245 e. The number of halogens is 1. The Morgan fingerprint density at radius 2 is 1.66 bits per heavy atom. The summed E-state index contributed by atoms with van der Waals surface area (Å²) < 4.78 is 60.7. The second-order valence-electron chi connectivity index (χ2n) is 11.7. The molecule has 2 aromatic rings. The molecule has 15 heteroatoms. The van der Waals surface area contributed by atoms with Crippen LogP contribution in [0.25, 0.3) is 0 Å². The van der Waals surface area contributed by atoms with Gasteiger partial charge in [0.2, 0.25) is 18.6 Å². The average Bonchev–Trinajstić information content (AvgIpc) is 3.42. The van der Waals surface area contributed by atoms with E-state index in [0.717, 1.165) is 11.8 Å². The molecule has 0 spiro atoms. The number of ether oxygens (including phenoxy) is 2. The van der Waals surface area contributed by atoms with E-state index in [2.05, 4.69) is 16.0 Å². The van der Waals surface area contributed by atoms with Crippen LogP contribution in [0.4, 0.5) is 0 Å². The maximum Gasteiger partial charge on any atom is 0.245 e. The predicted molar refractivity (Wildman–Crippen MR) is 166 cm³/mol. The van der Waals surface area contributed by atoms with Crippen molar-refractivity contribution in [2.24, 2.45) is 0 Å². The molecule has 12 nitrogen and oxygen atoms in total. The number of fused-ring (bicyclic) bond motifs is 1. The Kier molecular flexibility index (Phi) is 11.0. The SMILES string of the molecule is CCC(Cc1ccccc1)(NC[C@@](C)(O)CS(=O)(=O)c1ccc2c(c1)OCO2)NC(=O)[C@H](NC(=O)CCl)C(C)(C)S(C)(=O)=O. The third-order valence-electron chi connectivity index (χ3n) is 7.67. The fraction of sp³-hybridized carbons (Fsp3) is 0.517. The average molecular weight is 674 g/mol. The van der Waals surface area contributed by atoms with Gasteiger partial charge in [-0.3, -0.25) is 14.9 Å². The van der Waals surface area contributed by atoms with Crippen LogP contribution in [0.3, 0.4) is 0 Å². The van der Waals surface area contributed by atoms with Gasteiger partial charge in [-0.25, -0.2) is 16.8 Å². The summed E-state index contributed by atoms with van der Waals surface area (Å²) in [5.74, 6) is -2.00. The minimum absolute atomic E-state index is 0.0233. The maximum absolute atomic E-state index is 13.8. The maximum atomic E-state index is 13.8. The first-order valence-corrected chi connectivity index (χ1v) is 17.9. The van der Waals surface area contributed by atoms with E-state index >= 15 is 0 Å². The molecule has 4 N–H and O–H groups in total. The van der Waals surface area contributed by atoms with E-state index in [1.165, 1.54) is 39.0 Å². The van der Waals surface area contributed by atoms with Gasteiger partial charge in [-0.05, 0) is 44.9 Å².